The average molecular weight is 225 g/mol. The Hall–Kier alpha value is -0.410. The molecule has 3 nitrogen and oxygen atoms in total. The zero-order chi connectivity index (χ0) is 11.5. The van der Waals surface area contributed by atoms with Crippen molar-refractivity contribution in [1.82, 2.24) is 4.90 Å². The predicted octanol–water partition coefficient (Wildman–Crippen LogP) is 1.73. The molecule has 2 fully saturated rings. The lowest BCUT2D eigenvalue weighted by molar-refractivity contribution is -0.122. The van der Waals surface area contributed by atoms with Crippen LogP contribution in [0.2, 0.25) is 0 Å². The first kappa shape index (κ1) is 12.1. The number of aliphatic hydroxyl groups is 1. The molecule has 92 valence electrons. The fourth-order valence-corrected chi connectivity index (χ4v) is 3.19. The second-order valence-corrected chi connectivity index (χ2v) is 5.37. The first-order valence-electron chi connectivity index (χ1n) is 6.60. The lowest BCUT2D eigenvalue weighted by atomic mass is 9.87. The Morgan fingerprint density at radius 3 is 2.62 bits per heavy atom. The third kappa shape index (κ3) is 2.64. The summed E-state index contributed by atoms with van der Waals surface area (Å²) in [7, 11) is 2.09. The average Bonchev–Trinajstić information content (AvgIpc) is 2.29. The van der Waals surface area contributed by atoms with E-state index >= 15 is 0 Å². The number of rotatable bonds is 2. The van der Waals surface area contributed by atoms with Gasteiger partial charge in [-0.25, -0.2) is 0 Å². The summed E-state index contributed by atoms with van der Waals surface area (Å²) in [6, 6.07) is 0.656. The molecule has 0 saturated heterocycles. The molecule has 3 heteroatoms. The quantitative estimate of drug-likeness (QED) is 0.778. The van der Waals surface area contributed by atoms with Crippen LogP contribution in [0, 0.1) is 0 Å². The number of aliphatic hydroxyl groups excluding tert-OH is 1. The summed E-state index contributed by atoms with van der Waals surface area (Å²) < 4.78 is 0. The molecule has 0 heterocycles. The molecule has 0 aromatic carbocycles. The predicted molar refractivity (Wildman–Crippen MR) is 63.3 cm³/mol. The van der Waals surface area contributed by atoms with Gasteiger partial charge in [-0.2, -0.15) is 0 Å². The number of hydrogen-bond acceptors (Lipinski definition) is 3. The second kappa shape index (κ2) is 5.28. The van der Waals surface area contributed by atoms with Gasteiger partial charge in [0, 0.05) is 24.9 Å². The van der Waals surface area contributed by atoms with E-state index < -0.39 is 0 Å². The molecule has 2 aliphatic carbocycles. The fraction of sp³-hybridized carbons (Fsp3) is 0.923. The molecular formula is C13H23NO2. The first-order chi connectivity index (χ1) is 7.68. The molecule has 0 aromatic heterocycles. The lowest BCUT2D eigenvalue weighted by Crippen LogP contribution is -2.49. The third-order valence-corrected chi connectivity index (χ3v) is 4.25. The largest absolute Gasteiger partial charge is 0.391 e. The van der Waals surface area contributed by atoms with Crippen molar-refractivity contribution < 1.29 is 9.90 Å². The Morgan fingerprint density at radius 2 is 1.94 bits per heavy atom. The normalized spacial score (nSPS) is 36.7. The zero-order valence-corrected chi connectivity index (χ0v) is 10.2. The molecule has 1 N–H and O–H groups in total. The minimum atomic E-state index is -0.184. The first-order valence-corrected chi connectivity index (χ1v) is 6.60. The Bertz CT molecular complexity index is 254. The summed E-state index contributed by atoms with van der Waals surface area (Å²) in [5, 5.41) is 10.0. The van der Waals surface area contributed by atoms with E-state index in [0.29, 0.717) is 18.2 Å². The number of hydrogen-bond donors (Lipinski definition) is 1. The van der Waals surface area contributed by atoms with Gasteiger partial charge in [0.15, 0.2) is 0 Å². The molecule has 2 aliphatic rings. The molecule has 0 bridgehead atoms. The SMILES string of the molecule is CN(C1CCCC(=O)C1)C1CCCCC1O. The highest BCUT2D eigenvalue weighted by atomic mass is 16.3. The van der Waals surface area contributed by atoms with Crippen LogP contribution in [0.1, 0.15) is 51.4 Å². The molecule has 2 rings (SSSR count). The standard InChI is InChI=1S/C13H23NO2/c1-14(10-5-4-6-11(15)9-10)12-7-2-3-8-13(12)16/h10,12-13,16H,2-9H2,1H3. The third-order valence-electron chi connectivity index (χ3n) is 4.25. The molecular weight excluding hydrogens is 202 g/mol. The van der Waals surface area contributed by atoms with Crippen LogP contribution in [-0.4, -0.2) is 41.0 Å². The van der Waals surface area contributed by atoms with Crippen LogP contribution in [0.15, 0.2) is 0 Å². The van der Waals surface area contributed by atoms with Gasteiger partial charge in [0.1, 0.15) is 5.78 Å². The number of likely N-dealkylation sites (N-methyl/N-ethyl adjacent to an activating group) is 1. The van der Waals surface area contributed by atoms with E-state index in [4.69, 9.17) is 0 Å². The van der Waals surface area contributed by atoms with Gasteiger partial charge in [-0.05, 0) is 32.7 Å². The monoisotopic (exact) mass is 225 g/mol. The van der Waals surface area contributed by atoms with Crippen LogP contribution >= 0.6 is 0 Å². The molecule has 16 heavy (non-hydrogen) atoms. The van der Waals surface area contributed by atoms with Gasteiger partial charge >= 0.3 is 0 Å². The maximum absolute atomic E-state index is 11.5. The molecule has 0 radical (unpaired) electrons. The fourth-order valence-electron chi connectivity index (χ4n) is 3.19. The van der Waals surface area contributed by atoms with Crippen molar-refractivity contribution >= 4 is 5.78 Å². The van der Waals surface area contributed by atoms with E-state index in [2.05, 4.69) is 11.9 Å². The number of ketones is 1. The summed E-state index contributed by atoms with van der Waals surface area (Å²) in [6.45, 7) is 0. The van der Waals surface area contributed by atoms with E-state index in [1.54, 1.807) is 0 Å². The van der Waals surface area contributed by atoms with Crippen LogP contribution < -0.4 is 0 Å². The maximum atomic E-state index is 11.5. The van der Waals surface area contributed by atoms with Crippen LogP contribution in [-0.2, 0) is 4.79 Å². The topological polar surface area (TPSA) is 40.5 Å². The number of carbonyl (C=O) groups is 1. The molecule has 0 amide bonds. The zero-order valence-electron chi connectivity index (χ0n) is 10.2. The molecule has 3 atom stereocenters. The molecule has 0 spiro atoms. The molecule has 2 saturated carbocycles. The summed E-state index contributed by atoms with van der Waals surface area (Å²) in [5.74, 6) is 0.397. The Labute approximate surface area is 97.8 Å². The van der Waals surface area contributed by atoms with Crippen molar-refractivity contribution in [2.45, 2.75) is 69.6 Å². The summed E-state index contributed by atoms with van der Waals surface area (Å²) in [4.78, 5) is 13.7. The Morgan fingerprint density at radius 1 is 1.19 bits per heavy atom. The van der Waals surface area contributed by atoms with Crippen molar-refractivity contribution in [3.63, 3.8) is 0 Å². The lowest BCUT2D eigenvalue weighted by Gasteiger charge is -2.41. The highest BCUT2D eigenvalue weighted by molar-refractivity contribution is 5.79. The number of nitrogens with zero attached hydrogens (tertiary/aromatic N) is 1. The van der Waals surface area contributed by atoms with E-state index in [1.807, 2.05) is 0 Å². The highest BCUT2D eigenvalue weighted by Crippen LogP contribution is 2.28. The van der Waals surface area contributed by atoms with Gasteiger partial charge in [-0.3, -0.25) is 9.69 Å². The summed E-state index contributed by atoms with van der Waals surface area (Å²) in [6.07, 6.45) is 7.79. The molecule has 0 aromatic rings. The Balaban J connectivity index is 1.94. The van der Waals surface area contributed by atoms with Gasteiger partial charge in [-0.1, -0.05) is 12.8 Å². The van der Waals surface area contributed by atoms with E-state index in [-0.39, 0.29) is 12.1 Å². The van der Waals surface area contributed by atoms with E-state index in [9.17, 15) is 9.90 Å². The summed E-state index contributed by atoms with van der Waals surface area (Å²) >= 11 is 0. The Kier molecular flexibility index (Phi) is 3.98. The smallest absolute Gasteiger partial charge is 0.134 e. The van der Waals surface area contributed by atoms with E-state index in [0.717, 1.165) is 38.5 Å². The maximum Gasteiger partial charge on any atom is 0.134 e. The molecule has 3 unspecified atom stereocenters. The van der Waals surface area contributed by atoms with E-state index in [1.165, 1.54) is 6.42 Å². The van der Waals surface area contributed by atoms with Crippen molar-refractivity contribution in [3.05, 3.63) is 0 Å². The van der Waals surface area contributed by atoms with Crippen LogP contribution in [0.5, 0.6) is 0 Å². The van der Waals surface area contributed by atoms with Crippen LogP contribution in [0.3, 0.4) is 0 Å². The second-order valence-electron chi connectivity index (χ2n) is 5.37. The summed E-state index contributed by atoms with van der Waals surface area (Å²) in [5.41, 5.74) is 0. The van der Waals surface area contributed by atoms with Gasteiger partial charge in [0.2, 0.25) is 0 Å². The van der Waals surface area contributed by atoms with Gasteiger partial charge in [0.25, 0.3) is 0 Å². The molecule has 0 aliphatic heterocycles. The van der Waals surface area contributed by atoms with Crippen LogP contribution in [0.25, 0.3) is 0 Å². The number of carbonyl (C=O) groups excluding carboxylic acids is 1. The van der Waals surface area contributed by atoms with Crippen LogP contribution in [0.4, 0.5) is 0 Å². The van der Waals surface area contributed by atoms with Gasteiger partial charge in [-0.15, -0.1) is 0 Å². The van der Waals surface area contributed by atoms with Gasteiger partial charge < -0.3 is 5.11 Å². The minimum absolute atomic E-state index is 0.184. The number of Topliss-reactive ketones (excluding diaryl/α,β-unsaturated/α-hetero) is 1. The van der Waals surface area contributed by atoms with Crippen molar-refractivity contribution in [3.8, 4) is 0 Å². The van der Waals surface area contributed by atoms with Gasteiger partial charge in [0.05, 0.1) is 6.10 Å². The van der Waals surface area contributed by atoms with Crippen molar-refractivity contribution in [1.29, 1.82) is 0 Å². The van der Waals surface area contributed by atoms with Crippen molar-refractivity contribution in [2.24, 2.45) is 0 Å². The highest BCUT2D eigenvalue weighted by Gasteiger charge is 2.32. The minimum Gasteiger partial charge on any atom is -0.391 e. The van der Waals surface area contributed by atoms with Crippen molar-refractivity contribution in [2.75, 3.05) is 7.05 Å².